The van der Waals surface area contributed by atoms with E-state index >= 15 is 0 Å². The summed E-state index contributed by atoms with van der Waals surface area (Å²) < 4.78 is 60.6. The quantitative estimate of drug-likeness (QED) is 0.875. The van der Waals surface area contributed by atoms with Crippen molar-refractivity contribution in [1.82, 2.24) is 4.57 Å². The lowest BCUT2D eigenvalue weighted by molar-refractivity contribution is -0.145. The number of rotatable bonds is 2. The first-order valence-electron chi connectivity index (χ1n) is 4.16. The van der Waals surface area contributed by atoms with Gasteiger partial charge in [-0.15, -0.1) is 0 Å². The van der Waals surface area contributed by atoms with Crippen molar-refractivity contribution in [3.63, 3.8) is 0 Å². The normalized spacial score (nSPS) is 12.8. The summed E-state index contributed by atoms with van der Waals surface area (Å²) in [7, 11) is -3.31. The molecule has 1 aromatic heterocycles. The zero-order valence-electron chi connectivity index (χ0n) is 8.74. The highest BCUT2D eigenvalue weighted by atomic mass is 32.2. The first-order chi connectivity index (χ1) is 7.46. The number of sulfone groups is 1. The van der Waals surface area contributed by atoms with E-state index in [-0.39, 0.29) is 0 Å². The van der Waals surface area contributed by atoms with Crippen molar-refractivity contribution in [3.05, 3.63) is 17.5 Å². The van der Waals surface area contributed by atoms with E-state index in [0.29, 0.717) is 16.9 Å². The summed E-state index contributed by atoms with van der Waals surface area (Å²) in [5.41, 5.74) is -2.23. The molecule has 96 valence electrons. The minimum absolute atomic E-state index is 0.304. The molecule has 17 heavy (non-hydrogen) atoms. The number of carboxylic acid groups (broad SMARTS) is 1. The van der Waals surface area contributed by atoms with Crippen LogP contribution < -0.4 is 0 Å². The molecule has 0 fully saturated rings. The molecular weight excluding hydrogens is 263 g/mol. The Bertz CT molecular complexity index is 570. The number of carbonyl (C=O) groups is 1. The molecule has 0 aliphatic heterocycles. The van der Waals surface area contributed by atoms with E-state index in [9.17, 15) is 26.4 Å². The van der Waals surface area contributed by atoms with E-state index in [4.69, 9.17) is 5.11 Å². The van der Waals surface area contributed by atoms with Crippen molar-refractivity contribution >= 4 is 15.8 Å². The molecule has 1 N–H and O–H groups in total. The van der Waals surface area contributed by atoms with Crippen molar-refractivity contribution in [1.29, 1.82) is 0 Å². The number of aromatic carboxylic acids is 1. The van der Waals surface area contributed by atoms with Gasteiger partial charge in [-0.25, -0.2) is 13.2 Å². The van der Waals surface area contributed by atoms with Crippen LogP contribution in [0, 0.1) is 0 Å². The SMILES string of the molecule is Cn1c(C(=O)O)cc(S(C)(=O)=O)c1C(F)(F)F. The third kappa shape index (κ3) is 2.43. The molecule has 0 radical (unpaired) electrons. The Morgan fingerprint density at radius 3 is 2.12 bits per heavy atom. The Hall–Kier alpha value is -1.51. The number of carboxylic acids is 1. The van der Waals surface area contributed by atoms with Gasteiger partial charge in [-0.2, -0.15) is 13.2 Å². The van der Waals surface area contributed by atoms with Gasteiger partial charge in [0.15, 0.2) is 9.84 Å². The van der Waals surface area contributed by atoms with Gasteiger partial charge in [-0.3, -0.25) is 0 Å². The zero-order chi connectivity index (χ0) is 13.6. The summed E-state index contributed by atoms with van der Waals surface area (Å²) in [6.45, 7) is 0. The number of nitrogens with zero attached hydrogens (tertiary/aromatic N) is 1. The fourth-order valence-electron chi connectivity index (χ4n) is 1.39. The average Bonchev–Trinajstić information content (AvgIpc) is 2.40. The van der Waals surface area contributed by atoms with Crippen molar-refractivity contribution < 1.29 is 31.5 Å². The maximum absolute atomic E-state index is 12.6. The second-order valence-electron chi connectivity index (χ2n) is 3.38. The standard InChI is InChI=1S/C8H8F3NO4S/c1-12-4(7(13)14)3-5(17(2,15)16)6(12)8(9,10)11/h3H,1-2H3,(H,13,14). The average molecular weight is 271 g/mol. The first-order valence-corrected chi connectivity index (χ1v) is 6.05. The lowest BCUT2D eigenvalue weighted by atomic mass is 10.4. The van der Waals surface area contributed by atoms with Crippen LogP contribution in [0.3, 0.4) is 0 Å². The third-order valence-electron chi connectivity index (χ3n) is 2.09. The first kappa shape index (κ1) is 13.6. The summed E-state index contributed by atoms with van der Waals surface area (Å²) in [6.07, 6.45) is -4.36. The second-order valence-corrected chi connectivity index (χ2v) is 5.36. The highest BCUT2D eigenvalue weighted by Gasteiger charge is 2.41. The van der Waals surface area contributed by atoms with Gasteiger partial charge in [0.2, 0.25) is 0 Å². The monoisotopic (exact) mass is 271 g/mol. The van der Waals surface area contributed by atoms with E-state index in [1.807, 2.05) is 0 Å². The topological polar surface area (TPSA) is 76.4 Å². The third-order valence-corrected chi connectivity index (χ3v) is 3.20. The minimum Gasteiger partial charge on any atom is -0.477 e. The van der Waals surface area contributed by atoms with Crippen LogP contribution in [-0.4, -0.2) is 30.3 Å². The van der Waals surface area contributed by atoms with Crippen molar-refractivity contribution in [2.24, 2.45) is 7.05 Å². The summed E-state index contributed by atoms with van der Waals surface area (Å²) in [6, 6.07) is 0.500. The molecule has 0 unspecified atom stereocenters. The smallest absolute Gasteiger partial charge is 0.432 e. The lowest BCUT2D eigenvalue weighted by Crippen LogP contribution is -2.17. The fourth-order valence-corrected chi connectivity index (χ4v) is 2.32. The van der Waals surface area contributed by atoms with E-state index in [1.54, 1.807) is 0 Å². The molecule has 1 rings (SSSR count). The molecule has 0 aliphatic rings. The molecule has 0 bridgehead atoms. The molecule has 0 spiro atoms. The largest absolute Gasteiger partial charge is 0.477 e. The molecule has 0 saturated carbocycles. The van der Waals surface area contributed by atoms with Gasteiger partial charge in [0.25, 0.3) is 0 Å². The molecule has 0 amide bonds. The number of hydrogen-bond donors (Lipinski definition) is 1. The van der Waals surface area contributed by atoms with Crippen LogP contribution in [0.1, 0.15) is 16.2 Å². The zero-order valence-corrected chi connectivity index (χ0v) is 9.56. The predicted octanol–water partition coefficient (Wildman–Crippen LogP) is 1.15. The number of halogens is 3. The molecule has 0 saturated heterocycles. The van der Waals surface area contributed by atoms with Gasteiger partial charge in [-0.1, -0.05) is 0 Å². The van der Waals surface area contributed by atoms with Crippen molar-refractivity contribution in [2.75, 3.05) is 6.26 Å². The number of aromatic nitrogens is 1. The maximum atomic E-state index is 12.6. The lowest BCUT2D eigenvalue weighted by Gasteiger charge is -2.10. The van der Waals surface area contributed by atoms with Crippen LogP contribution in [0.5, 0.6) is 0 Å². The van der Waals surface area contributed by atoms with Crippen LogP contribution in [0.4, 0.5) is 13.2 Å². The van der Waals surface area contributed by atoms with Gasteiger partial charge in [-0.05, 0) is 6.07 Å². The summed E-state index contributed by atoms with van der Waals surface area (Å²) >= 11 is 0. The molecular formula is C8H8F3NO4S. The Labute approximate surface area is 94.4 Å². The highest BCUT2D eigenvalue weighted by Crippen LogP contribution is 2.35. The van der Waals surface area contributed by atoms with Gasteiger partial charge < -0.3 is 9.67 Å². The molecule has 0 aliphatic carbocycles. The van der Waals surface area contributed by atoms with E-state index in [1.165, 1.54) is 0 Å². The maximum Gasteiger partial charge on any atom is 0.432 e. The molecule has 5 nitrogen and oxygen atoms in total. The Morgan fingerprint density at radius 2 is 1.88 bits per heavy atom. The summed E-state index contributed by atoms with van der Waals surface area (Å²) in [5.74, 6) is -1.63. The minimum atomic E-state index is -4.94. The van der Waals surface area contributed by atoms with E-state index < -0.39 is 38.3 Å². The molecule has 9 heteroatoms. The van der Waals surface area contributed by atoms with Crippen molar-refractivity contribution in [3.8, 4) is 0 Å². The molecule has 0 aromatic carbocycles. The van der Waals surface area contributed by atoms with Gasteiger partial charge in [0.1, 0.15) is 11.4 Å². The van der Waals surface area contributed by atoms with Crippen LogP contribution >= 0.6 is 0 Å². The number of alkyl halides is 3. The van der Waals surface area contributed by atoms with Crippen LogP contribution in [0.25, 0.3) is 0 Å². The predicted molar refractivity (Wildman–Crippen MR) is 50.5 cm³/mol. The van der Waals surface area contributed by atoms with Crippen LogP contribution in [-0.2, 0) is 23.1 Å². The van der Waals surface area contributed by atoms with Crippen LogP contribution in [0.15, 0.2) is 11.0 Å². The summed E-state index contributed by atoms with van der Waals surface area (Å²) in [4.78, 5) is 9.62. The van der Waals surface area contributed by atoms with Crippen molar-refractivity contribution in [2.45, 2.75) is 11.1 Å². The van der Waals surface area contributed by atoms with Gasteiger partial charge in [0, 0.05) is 13.3 Å². The number of hydrogen-bond acceptors (Lipinski definition) is 3. The van der Waals surface area contributed by atoms with Gasteiger partial charge >= 0.3 is 12.1 Å². The summed E-state index contributed by atoms with van der Waals surface area (Å²) in [5, 5.41) is 8.65. The van der Waals surface area contributed by atoms with E-state index in [0.717, 1.165) is 7.05 Å². The Kier molecular flexibility index (Phi) is 3.00. The van der Waals surface area contributed by atoms with Crippen LogP contribution in [0.2, 0.25) is 0 Å². The molecule has 1 aromatic rings. The molecule has 0 atom stereocenters. The second kappa shape index (κ2) is 3.76. The van der Waals surface area contributed by atoms with Gasteiger partial charge in [0.05, 0.1) is 4.90 Å². The fraction of sp³-hybridized carbons (Fsp3) is 0.375. The highest BCUT2D eigenvalue weighted by molar-refractivity contribution is 7.90. The van der Waals surface area contributed by atoms with E-state index in [2.05, 4.69) is 0 Å². The Balaban J connectivity index is 3.73. The Morgan fingerprint density at radius 1 is 1.41 bits per heavy atom. The molecule has 1 heterocycles.